The van der Waals surface area contributed by atoms with Crippen LogP contribution < -0.4 is 5.32 Å². The van der Waals surface area contributed by atoms with Crippen molar-refractivity contribution in [2.45, 2.75) is 33.6 Å². The van der Waals surface area contributed by atoms with Gasteiger partial charge >= 0.3 is 0 Å². The first kappa shape index (κ1) is 12.8. The number of carbonyl (C=O) groups excluding carboxylic acids is 1. The van der Waals surface area contributed by atoms with Gasteiger partial charge in [0.2, 0.25) is 0 Å². The largest absolute Gasteiger partial charge is 0.459 e. The third-order valence-corrected chi connectivity index (χ3v) is 1.56. The Labute approximate surface area is 87.0 Å². The first-order valence-corrected chi connectivity index (χ1v) is 5.16. The third-order valence-electron chi connectivity index (χ3n) is 1.56. The molecule has 3 heteroatoms. The highest BCUT2D eigenvalue weighted by atomic mass is 16.3. The van der Waals surface area contributed by atoms with E-state index in [0.717, 1.165) is 19.4 Å². The summed E-state index contributed by atoms with van der Waals surface area (Å²) in [7, 11) is 0. The molecule has 0 radical (unpaired) electrons. The van der Waals surface area contributed by atoms with E-state index >= 15 is 0 Å². The Balaban J connectivity index is 0. The molecule has 0 spiro atoms. The van der Waals surface area contributed by atoms with Crippen LogP contribution in [0.5, 0.6) is 0 Å². The van der Waals surface area contributed by atoms with Gasteiger partial charge in [-0.05, 0) is 18.6 Å². The molecule has 1 aromatic rings. The first-order chi connectivity index (χ1) is 6.84. The van der Waals surface area contributed by atoms with Crippen LogP contribution in [0.15, 0.2) is 22.8 Å². The third kappa shape index (κ3) is 4.70. The Morgan fingerprint density at radius 1 is 1.57 bits per heavy atom. The van der Waals surface area contributed by atoms with Gasteiger partial charge in [0.15, 0.2) is 5.76 Å². The average Bonchev–Trinajstić information content (AvgIpc) is 2.74. The molecule has 1 heterocycles. The highest BCUT2D eigenvalue weighted by molar-refractivity contribution is 5.91. The molecular weight excluding hydrogens is 178 g/mol. The number of carbonyl (C=O) groups is 1. The van der Waals surface area contributed by atoms with Crippen LogP contribution >= 0.6 is 0 Å². The summed E-state index contributed by atoms with van der Waals surface area (Å²) in [5.74, 6) is 0.250. The Bertz CT molecular complexity index is 235. The highest BCUT2D eigenvalue weighted by Gasteiger charge is 2.05. The lowest BCUT2D eigenvalue weighted by Gasteiger charge is -1.99. The van der Waals surface area contributed by atoms with E-state index in [1.54, 1.807) is 12.1 Å². The molecule has 14 heavy (non-hydrogen) atoms. The summed E-state index contributed by atoms with van der Waals surface area (Å²) < 4.78 is 4.91. The molecule has 0 saturated heterocycles. The van der Waals surface area contributed by atoms with Crippen molar-refractivity contribution in [3.05, 3.63) is 24.2 Å². The molecule has 0 aromatic carbocycles. The van der Waals surface area contributed by atoms with Gasteiger partial charge in [-0.2, -0.15) is 0 Å². The van der Waals surface area contributed by atoms with Crippen molar-refractivity contribution in [3.63, 3.8) is 0 Å². The number of amides is 1. The molecule has 1 N–H and O–H groups in total. The molecule has 3 nitrogen and oxygen atoms in total. The van der Waals surface area contributed by atoms with E-state index in [1.807, 2.05) is 13.8 Å². The predicted molar refractivity (Wildman–Crippen MR) is 59.4 cm³/mol. The zero-order chi connectivity index (χ0) is 10.8. The minimum absolute atomic E-state index is 0. The number of rotatable bonds is 4. The van der Waals surface area contributed by atoms with Crippen molar-refractivity contribution < 1.29 is 10.6 Å². The van der Waals surface area contributed by atoms with Gasteiger partial charge in [0, 0.05) is 7.97 Å². The second-order valence-corrected chi connectivity index (χ2v) is 2.59. The Morgan fingerprint density at radius 3 is 2.79 bits per heavy atom. The Hall–Kier alpha value is -1.25. The Kier molecular flexibility index (Phi) is 7.61. The van der Waals surface area contributed by atoms with Gasteiger partial charge in [0.05, 0.1) is 6.26 Å². The smallest absolute Gasteiger partial charge is 0.286 e. The van der Waals surface area contributed by atoms with Crippen molar-refractivity contribution in [2.24, 2.45) is 0 Å². The zero-order valence-corrected chi connectivity index (χ0v) is 9.17. The quantitative estimate of drug-likeness (QED) is 0.757. The maximum Gasteiger partial charge on any atom is 0.286 e. The van der Waals surface area contributed by atoms with Gasteiger partial charge in [-0.1, -0.05) is 27.2 Å². The second-order valence-electron chi connectivity index (χ2n) is 2.59. The SMILES string of the molecule is CC.CCCCNC(=O)c1ccco1.[HH]. The number of hydrogen-bond donors (Lipinski definition) is 1. The summed E-state index contributed by atoms with van der Waals surface area (Å²) in [5, 5.41) is 2.75. The minimum Gasteiger partial charge on any atom is -0.459 e. The van der Waals surface area contributed by atoms with Crippen LogP contribution in [0.3, 0.4) is 0 Å². The molecule has 82 valence electrons. The minimum atomic E-state index is -0.131. The van der Waals surface area contributed by atoms with Gasteiger partial charge < -0.3 is 9.73 Å². The van der Waals surface area contributed by atoms with Crippen LogP contribution in [0, 0.1) is 0 Å². The molecule has 0 bridgehead atoms. The normalized spacial score (nSPS) is 8.79. The molecule has 0 unspecified atom stereocenters. The van der Waals surface area contributed by atoms with E-state index in [1.165, 1.54) is 6.26 Å². The van der Waals surface area contributed by atoms with Crippen molar-refractivity contribution in [1.29, 1.82) is 0 Å². The van der Waals surface area contributed by atoms with Gasteiger partial charge in [-0.3, -0.25) is 4.79 Å². The molecular formula is C11H21NO2. The molecule has 1 rings (SSSR count). The van der Waals surface area contributed by atoms with E-state index in [0.29, 0.717) is 5.76 Å². The average molecular weight is 199 g/mol. The summed E-state index contributed by atoms with van der Waals surface area (Å²) in [6.07, 6.45) is 3.58. The van der Waals surface area contributed by atoms with E-state index in [-0.39, 0.29) is 7.33 Å². The van der Waals surface area contributed by atoms with Gasteiger partial charge in [-0.25, -0.2) is 0 Å². The zero-order valence-electron chi connectivity index (χ0n) is 9.17. The summed E-state index contributed by atoms with van der Waals surface area (Å²) in [6, 6.07) is 3.36. The summed E-state index contributed by atoms with van der Waals surface area (Å²) in [6.45, 7) is 6.80. The van der Waals surface area contributed by atoms with Gasteiger partial charge in [0.25, 0.3) is 5.91 Å². The lowest BCUT2D eigenvalue weighted by molar-refractivity contribution is 0.0925. The molecule has 1 amide bonds. The number of furan rings is 1. The van der Waals surface area contributed by atoms with E-state index in [9.17, 15) is 4.79 Å². The van der Waals surface area contributed by atoms with E-state index < -0.39 is 0 Å². The molecule has 0 fully saturated rings. The van der Waals surface area contributed by atoms with Crippen LogP contribution in [0.1, 0.15) is 45.6 Å². The molecule has 0 saturated carbocycles. The molecule has 1 aromatic heterocycles. The summed E-state index contributed by atoms with van der Waals surface area (Å²) in [5.41, 5.74) is 0. The van der Waals surface area contributed by atoms with Gasteiger partial charge in [0.1, 0.15) is 0 Å². The van der Waals surface area contributed by atoms with Crippen molar-refractivity contribution >= 4 is 5.91 Å². The summed E-state index contributed by atoms with van der Waals surface area (Å²) >= 11 is 0. The van der Waals surface area contributed by atoms with Crippen LogP contribution in [-0.4, -0.2) is 12.5 Å². The van der Waals surface area contributed by atoms with Crippen molar-refractivity contribution in [1.82, 2.24) is 5.32 Å². The number of nitrogens with one attached hydrogen (secondary N) is 1. The first-order valence-electron chi connectivity index (χ1n) is 5.16. The maximum atomic E-state index is 11.2. The molecule has 0 aliphatic heterocycles. The van der Waals surface area contributed by atoms with E-state index in [2.05, 4.69) is 12.2 Å². The number of hydrogen-bond acceptors (Lipinski definition) is 2. The summed E-state index contributed by atoms with van der Waals surface area (Å²) in [4.78, 5) is 11.2. The fourth-order valence-corrected chi connectivity index (χ4v) is 0.874. The standard InChI is InChI=1S/C9H13NO2.C2H6.H2/c1-2-3-6-10-9(11)8-5-4-7-12-8;1-2;/h4-5,7H,2-3,6H2,1H3,(H,10,11);1-2H3;1H. The molecule has 0 atom stereocenters. The topological polar surface area (TPSA) is 42.2 Å². The molecule has 0 aliphatic carbocycles. The van der Waals surface area contributed by atoms with Crippen LogP contribution in [-0.2, 0) is 0 Å². The Morgan fingerprint density at radius 2 is 2.29 bits per heavy atom. The molecule has 0 aliphatic rings. The van der Waals surface area contributed by atoms with E-state index in [4.69, 9.17) is 4.42 Å². The lowest BCUT2D eigenvalue weighted by atomic mass is 10.3. The van der Waals surface area contributed by atoms with Crippen molar-refractivity contribution in [2.75, 3.05) is 6.54 Å². The highest BCUT2D eigenvalue weighted by Crippen LogP contribution is 1.98. The maximum absolute atomic E-state index is 11.2. The monoisotopic (exact) mass is 199 g/mol. The van der Waals surface area contributed by atoms with Crippen molar-refractivity contribution in [3.8, 4) is 0 Å². The van der Waals surface area contributed by atoms with Crippen LogP contribution in [0.2, 0.25) is 0 Å². The lowest BCUT2D eigenvalue weighted by Crippen LogP contribution is -2.23. The predicted octanol–water partition coefficient (Wildman–Crippen LogP) is 3.08. The van der Waals surface area contributed by atoms with Crippen LogP contribution in [0.4, 0.5) is 0 Å². The second kappa shape index (κ2) is 8.35. The number of unbranched alkanes of at least 4 members (excludes halogenated alkanes) is 1. The van der Waals surface area contributed by atoms with Crippen LogP contribution in [0.25, 0.3) is 0 Å². The fraction of sp³-hybridized carbons (Fsp3) is 0.545. The van der Waals surface area contributed by atoms with Gasteiger partial charge in [-0.15, -0.1) is 0 Å². The fourth-order valence-electron chi connectivity index (χ4n) is 0.874.